The summed E-state index contributed by atoms with van der Waals surface area (Å²) in [6.45, 7) is 0. The summed E-state index contributed by atoms with van der Waals surface area (Å²) < 4.78 is 0. The average molecular weight is 1730 g/mol. The molecule has 580 valence electrons. The van der Waals surface area contributed by atoms with Gasteiger partial charge in [-0.1, -0.05) is 175 Å². The van der Waals surface area contributed by atoms with Crippen molar-refractivity contribution in [2.75, 3.05) is 40.3 Å². The molecule has 0 unspecified atom stereocenters. The Morgan fingerprint density at radius 2 is 0.481 bits per heavy atom. The molecule has 0 fully saturated rings. The van der Waals surface area contributed by atoms with E-state index in [1.165, 1.54) is 34.4 Å². The van der Waals surface area contributed by atoms with Gasteiger partial charge in [0.05, 0.1) is 20.8 Å². The van der Waals surface area contributed by atoms with Crippen LogP contribution < -0.4 is 0 Å². The molecule has 7 rings (SSSR count). The summed E-state index contributed by atoms with van der Waals surface area (Å²) in [6, 6.07) is 53.5. The Balaban J connectivity index is 0.000000621. The van der Waals surface area contributed by atoms with Crippen molar-refractivity contribution in [2.24, 2.45) is 0 Å². The van der Waals surface area contributed by atoms with Crippen LogP contribution in [0.4, 0.5) is 0 Å². The van der Waals surface area contributed by atoms with Gasteiger partial charge in [-0.25, -0.2) is 0 Å². The second kappa shape index (κ2) is 66.1. The van der Waals surface area contributed by atoms with E-state index in [4.69, 9.17) is 117 Å². The van der Waals surface area contributed by atoms with Gasteiger partial charge in [-0.3, -0.25) is 33.6 Å². The first-order valence-corrected chi connectivity index (χ1v) is 43.6. The molecular formula is C78H93Cl7O14S7. The van der Waals surface area contributed by atoms with E-state index in [0.29, 0.717) is 42.1 Å². The van der Waals surface area contributed by atoms with E-state index < -0.39 is 41.8 Å². The van der Waals surface area contributed by atoms with Gasteiger partial charge in [-0.05, 0) is 214 Å². The molecule has 106 heavy (non-hydrogen) atoms. The monoisotopic (exact) mass is 1720 g/mol. The fraction of sp³-hybridized carbons (Fsp3) is 0.372. The van der Waals surface area contributed by atoms with Gasteiger partial charge in [0.25, 0.3) is 0 Å². The number of rotatable bonds is 43. The Kier molecular flexibility index (Phi) is 62.0. The van der Waals surface area contributed by atoms with Gasteiger partial charge in [0.15, 0.2) is 0 Å². The van der Waals surface area contributed by atoms with Crippen LogP contribution in [0, 0.1) is 0 Å². The summed E-state index contributed by atoms with van der Waals surface area (Å²) in [5, 5.41) is 64.2. The van der Waals surface area contributed by atoms with Crippen LogP contribution in [0.2, 0.25) is 35.2 Å². The second-order valence-electron chi connectivity index (χ2n) is 22.4. The molecule has 0 aliphatic rings. The minimum Gasteiger partial charge on any atom is -0.481 e. The molecule has 7 aromatic rings. The van der Waals surface area contributed by atoms with E-state index in [1.807, 2.05) is 169 Å². The Bertz CT molecular complexity index is 3570. The molecule has 0 aliphatic carbocycles. The van der Waals surface area contributed by atoms with Crippen LogP contribution in [0.1, 0.15) is 141 Å². The van der Waals surface area contributed by atoms with Crippen molar-refractivity contribution < 1.29 is 69.3 Å². The standard InChI is InChI=1S/2C14H19ClO2S.C12H15ClO2S.3C10H11ClO2S.C8H7ClO2S/c15-12-8-5-6-9-13(12)18-11-7-3-1-2-4-10-14(16)17;15-12-7-9-13(10-8-12)18-11-5-3-1-2-4-6-14(16)17;13-10-5-4-6-11(9-10)16-8-3-1-2-7-12(14)15;11-8-3-1-4-9(7-8)14-6-2-5-10(12)13;11-8-3-5-9(6-4-8)14-7-1-2-10(12)13;11-8-4-1-2-5-9(8)14-7-3-6-10(12)13;9-6-3-1-2-4-7(6)12-5-8(10)11/h5-6,8-9H,1-4,7,10-11H2,(H,16,17);7-10H,1-6,11H2,(H,16,17);4-6,9H,1-3,7-8H2,(H,14,15);1,3-4,7H,2,5-6H2,(H,12,13);3-6H,1-2,7H2,(H,12,13);1-2,4-5H,3,6-7H2,(H,12,13);1-4H,5H2,(H,10,11). The lowest BCUT2D eigenvalue weighted by Crippen LogP contribution is -1.97. The highest BCUT2D eigenvalue weighted by molar-refractivity contribution is 8.00. The topological polar surface area (TPSA) is 261 Å². The molecule has 0 saturated carbocycles. The lowest BCUT2D eigenvalue weighted by molar-refractivity contribution is -0.138. The number of halogens is 7. The van der Waals surface area contributed by atoms with Gasteiger partial charge in [0, 0.05) is 92.9 Å². The molecule has 7 aromatic carbocycles. The van der Waals surface area contributed by atoms with E-state index in [9.17, 15) is 33.6 Å². The lowest BCUT2D eigenvalue weighted by Gasteiger charge is -2.03. The average Bonchev–Trinajstić information content (AvgIpc) is 0.921. The zero-order valence-corrected chi connectivity index (χ0v) is 69.7. The van der Waals surface area contributed by atoms with Crippen LogP contribution in [0.3, 0.4) is 0 Å². The zero-order chi connectivity index (χ0) is 78.4. The third-order valence-electron chi connectivity index (χ3n) is 13.4. The number of aliphatic carboxylic acids is 7. The lowest BCUT2D eigenvalue weighted by atomic mass is 10.1. The molecule has 7 N–H and O–H groups in total. The summed E-state index contributed by atoms with van der Waals surface area (Å²) in [6.07, 6.45) is 17.0. The summed E-state index contributed by atoms with van der Waals surface area (Å²) >= 11 is 52.5. The highest BCUT2D eigenvalue weighted by atomic mass is 35.5. The van der Waals surface area contributed by atoms with E-state index in [1.54, 1.807) is 70.9 Å². The normalized spacial score (nSPS) is 10.2. The van der Waals surface area contributed by atoms with Crippen LogP contribution in [0.15, 0.2) is 204 Å². The van der Waals surface area contributed by atoms with Crippen molar-refractivity contribution in [1.82, 2.24) is 0 Å². The van der Waals surface area contributed by atoms with Crippen molar-refractivity contribution in [3.05, 3.63) is 205 Å². The summed E-state index contributed by atoms with van der Waals surface area (Å²) in [5.74, 6) is 0.534. The van der Waals surface area contributed by atoms with Crippen LogP contribution in [0.25, 0.3) is 0 Å². The molecule has 14 nitrogen and oxygen atoms in total. The molecule has 0 saturated heterocycles. The summed E-state index contributed by atoms with van der Waals surface area (Å²) in [4.78, 5) is 79.4. The van der Waals surface area contributed by atoms with Gasteiger partial charge in [0.2, 0.25) is 0 Å². The van der Waals surface area contributed by atoms with Crippen LogP contribution >= 0.6 is 164 Å². The molecule has 0 aromatic heterocycles. The molecule has 28 heteroatoms. The SMILES string of the molecule is O=C(O)CCCCCCCSc1ccc(Cl)cc1.O=C(O)CCCCCCCSc1ccccc1Cl.O=C(O)CCCCCSc1cccc(Cl)c1.O=C(O)CCCSc1ccc(Cl)cc1.O=C(O)CCCSc1cccc(Cl)c1.O=C(O)CCCSc1ccccc1Cl.O=C(O)CSc1ccccc1Cl. The number of benzene rings is 7. The van der Waals surface area contributed by atoms with Crippen molar-refractivity contribution >= 4 is 205 Å². The minimum absolute atomic E-state index is 0.0454. The number of hydrogen-bond donors (Lipinski definition) is 7. The maximum Gasteiger partial charge on any atom is 0.313 e. The molecule has 0 atom stereocenters. The van der Waals surface area contributed by atoms with Crippen molar-refractivity contribution in [2.45, 2.75) is 176 Å². The highest BCUT2D eigenvalue weighted by Gasteiger charge is 2.07. The first-order valence-electron chi connectivity index (χ1n) is 34.0. The number of carbonyl (C=O) groups is 7. The first-order chi connectivity index (χ1) is 50.8. The summed E-state index contributed by atoms with van der Waals surface area (Å²) in [7, 11) is 0. The zero-order valence-electron chi connectivity index (χ0n) is 58.7. The van der Waals surface area contributed by atoms with Crippen LogP contribution in [-0.4, -0.2) is 118 Å². The molecule has 0 heterocycles. The Morgan fingerprint density at radius 3 is 0.792 bits per heavy atom. The number of carboxylic acids is 7. The van der Waals surface area contributed by atoms with Crippen molar-refractivity contribution in [3.8, 4) is 0 Å². The molecule has 0 spiro atoms. The van der Waals surface area contributed by atoms with Gasteiger partial charge in [-0.15, -0.1) is 82.3 Å². The second-order valence-corrected chi connectivity index (χ2v) is 33.3. The Labute approximate surface area is 689 Å². The van der Waals surface area contributed by atoms with Gasteiger partial charge in [0.1, 0.15) is 0 Å². The molecule has 0 radical (unpaired) electrons. The van der Waals surface area contributed by atoms with E-state index in [-0.39, 0.29) is 31.4 Å². The number of carboxylic acid groups (broad SMARTS) is 7. The third-order valence-corrected chi connectivity index (χ3v) is 23.4. The highest BCUT2D eigenvalue weighted by Crippen LogP contribution is 2.31. The quantitative estimate of drug-likeness (QED) is 0.0138. The van der Waals surface area contributed by atoms with Gasteiger partial charge < -0.3 is 35.7 Å². The summed E-state index contributed by atoms with van der Waals surface area (Å²) in [5.41, 5.74) is 0. The van der Waals surface area contributed by atoms with Gasteiger partial charge >= 0.3 is 41.8 Å². The van der Waals surface area contributed by atoms with E-state index >= 15 is 0 Å². The molecule has 0 bridgehead atoms. The number of hydrogen-bond acceptors (Lipinski definition) is 14. The van der Waals surface area contributed by atoms with Crippen molar-refractivity contribution in [3.63, 3.8) is 0 Å². The van der Waals surface area contributed by atoms with Crippen LogP contribution in [0.5, 0.6) is 0 Å². The number of thioether (sulfide) groups is 7. The fourth-order valence-corrected chi connectivity index (χ4v) is 16.0. The number of unbranched alkanes of at least 4 members (excludes halogenated alkanes) is 10. The maximum absolute atomic E-state index is 10.3. The largest absolute Gasteiger partial charge is 0.481 e. The predicted octanol–water partition coefficient (Wildman–Crippen LogP) is 26.2. The minimum atomic E-state index is -0.833. The third kappa shape index (κ3) is 61.1. The fourth-order valence-electron chi connectivity index (χ4n) is 8.17. The predicted molar refractivity (Wildman–Crippen MR) is 450 cm³/mol. The van der Waals surface area contributed by atoms with Gasteiger partial charge in [-0.2, -0.15) is 0 Å². The van der Waals surface area contributed by atoms with E-state index in [0.717, 1.165) is 155 Å². The molecule has 0 aliphatic heterocycles. The maximum atomic E-state index is 10.3. The van der Waals surface area contributed by atoms with Crippen LogP contribution in [-0.2, 0) is 33.6 Å². The van der Waals surface area contributed by atoms with Crippen molar-refractivity contribution in [1.29, 1.82) is 0 Å². The first kappa shape index (κ1) is 99.3. The van der Waals surface area contributed by atoms with E-state index in [2.05, 4.69) is 0 Å². The Hall–Kier alpha value is -4.69. The smallest absolute Gasteiger partial charge is 0.313 e. The molecular weight excluding hydrogens is 1630 g/mol. The Morgan fingerprint density at radius 1 is 0.226 bits per heavy atom. The molecule has 0 amide bonds.